The van der Waals surface area contributed by atoms with Crippen molar-refractivity contribution in [1.29, 1.82) is 0 Å². The Morgan fingerprint density at radius 1 is 1.06 bits per heavy atom. The second kappa shape index (κ2) is 10.9. The normalized spacial score (nSPS) is 12.6. The SMILES string of the molecule is CN1CCN=C1c1ccc(C(=O)Nc2ccc(OCC(=O)O)cc2C(=O)Nc2ccc(Cl)cn2)cc1. The molecule has 3 aromatic rings. The number of carboxylic acids is 1. The van der Waals surface area contributed by atoms with E-state index >= 15 is 0 Å². The van der Waals surface area contributed by atoms with Gasteiger partial charge in [0.05, 0.1) is 22.8 Å². The highest BCUT2D eigenvalue weighted by Crippen LogP contribution is 2.25. The summed E-state index contributed by atoms with van der Waals surface area (Å²) in [6.07, 6.45) is 1.38. The molecular formula is C25H22ClN5O5. The van der Waals surface area contributed by atoms with Gasteiger partial charge >= 0.3 is 5.97 Å². The fourth-order valence-corrected chi connectivity index (χ4v) is 3.61. The minimum Gasteiger partial charge on any atom is -0.482 e. The molecule has 36 heavy (non-hydrogen) atoms. The first kappa shape index (κ1) is 24.7. The summed E-state index contributed by atoms with van der Waals surface area (Å²) in [5, 5.41) is 14.7. The molecule has 10 nitrogen and oxygen atoms in total. The van der Waals surface area contributed by atoms with Crippen LogP contribution >= 0.6 is 11.6 Å². The average molecular weight is 508 g/mol. The van der Waals surface area contributed by atoms with E-state index in [-0.39, 0.29) is 22.8 Å². The largest absolute Gasteiger partial charge is 0.482 e. The van der Waals surface area contributed by atoms with E-state index in [1.165, 1.54) is 30.5 Å². The van der Waals surface area contributed by atoms with Crippen LogP contribution in [0.2, 0.25) is 5.02 Å². The van der Waals surface area contributed by atoms with Crippen LogP contribution in [0.4, 0.5) is 11.5 Å². The number of carbonyl (C=O) groups is 3. The number of nitrogens with zero attached hydrogens (tertiary/aromatic N) is 3. The van der Waals surface area contributed by atoms with Gasteiger partial charge in [-0.3, -0.25) is 14.6 Å². The van der Waals surface area contributed by atoms with Gasteiger partial charge in [0.25, 0.3) is 11.8 Å². The van der Waals surface area contributed by atoms with E-state index in [1.54, 1.807) is 18.2 Å². The lowest BCUT2D eigenvalue weighted by Gasteiger charge is -2.15. The number of carbonyl (C=O) groups excluding carboxylic acids is 2. The highest BCUT2D eigenvalue weighted by Gasteiger charge is 2.18. The third kappa shape index (κ3) is 5.97. The Balaban J connectivity index is 1.56. The van der Waals surface area contributed by atoms with E-state index in [2.05, 4.69) is 20.6 Å². The van der Waals surface area contributed by atoms with Crippen molar-refractivity contribution in [3.8, 4) is 5.75 Å². The number of aliphatic carboxylic acids is 1. The van der Waals surface area contributed by atoms with Gasteiger partial charge < -0.3 is 25.4 Å². The second-order valence-corrected chi connectivity index (χ2v) is 8.30. The topological polar surface area (TPSA) is 133 Å². The molecule has 184 valence electrons. The van der Waals surface area contributed by atoms with Gasteiger partial charge in [-0.05, 0) is 42.5 Å². The van der Waals surface area contributed by atoms with Crippen molar-refractivity contribution in [2.75, 3.05) is 37.4 Å². The van der Waals surface area contributed by atoms with Crippen molar-refractivity contribution in [3.05, 3.63) is 82.5 Å². The van der Waals surface area contributed by atoms with Crippen molar-refractivity contribution < 1.29 is 24.2 Å². The molecule has 1 aliphatic rings. The summed E-state index contributed by atoms with van der Waals surface area (Å²) in [5.41, 5.74) is 1.55. The number of benzene rings is 2. The van der Waals surface area contributed by atoms with Crippen LogP contribution in [0.15, 0.2) is 65.8 Å². The molecule has 1 aromatic heterocycles. The molecule has 0 bridgehead atoms. The molecule has 2 aromatic carbocycles. The Morgan fingerprint density at radius 3 is 2.47 bits per heavy atom. The first-order chi connectivity index (χ1) is 17.3. The van der Waals surface area contributed by atoms with Crippen LogP contribution < -0.4 is 15.4 Å². The van der Waals surface area contributed by atoms with Crippen LogP contribution in [-0.2, 0) is 4.79 Å². The van der Waals surface area contributed by atoms with Crippen molar-refractivity contribution in [3.63, 3.8) is 0 Å². The predicted molar refractivity (Wildman–Crippen MR) is 135 cm³/mol. The molecule has 11 heteroatoms. The zero-order valence-electron chi connectivity index (χ0n) is 19.2. The first-order valence-corrected chi connectivity index (χ1v) is 11.3. The molecule has 2 heterocycles. The molecule has 3 N–H and O–H groups in total. The summed E-state index contributed by atoms with van der Waals surface area (Å²) in [6, 6.07) is 14.4. The number of nitrogens with one attached hydrogen (secondary N) is 2. The highest BCUT2D eigenvalue weighted by molar-refractivity contribution is 6.30. The Hall–Kier alpha value is -4.44. The van der Waals surface area contributed by atoms with Gasteiger partial charge in [0.15, 0.2) is 6.61 Å². The monoisotopic (exact) mass is 507 g/mol. The molecule has 0 unspecified atom stereocenters. The maximum absolute atomic E-state index is 13.0. The molecular weight excluding hydrogens is 486 g/mol. The van der Waals surface area contributed by atoms with E-state index in [0.29, 0.717) is 10.6 Å². The van der Waals surface area contributed by atoms with Gasteiger partial charge in [0, 0.05) is 30.9 Å². The van der Waals surface area contributed by atoms with Crippen LogP contribution in [0.3, 0.4) is 0 Å². The summed E-state index contributed by atoms with van der Waals surface area (Å²) >= 11 is 5.84. The zero-order valence-corrected chi connectivity index (χ0v) is 20.0. The minimum atomic E-state index is -1.16. The number of aliphatic imine (C=N–C) groups is 1. The molecule has 1 aliphatic heterocycles. The summed E-state index contributed by atoms with van der Waals surface area (Å²) in [4.78, 5) is 47.4. The maximum Gasteiger partial charge on any atom is 0.341 e. The lowest BCUT2D eigenvalue weighted by Crippen LogP contribution is -2.23. The van der Waals surface area contributed by atoms with Gasteiger partial charge in [0.2, 0.25) is 0 Å². The van der Waals surface area contributed by atoms with E-state index < -0.39 is 24.4 Å². The molecule has 0 radical (unpaired) electrons. The van der Waals surface area contributed by atoms with E-state index in [9.17, 15) is 14.4 Å². The van der Waals surface area contributed by atoms with Crippen LogP contribution in [0.1, 0.15) is 26.3 Å². The number of rotatable bonds is 8. The molecule has 0 atom stereocenters. The molecule has 0 fully saturated rings. The summed E-state index contributed by atoms with van der Waals surface area (Å²) in [5.74, 6) is -0.917. The van der Waals surface area contributed by atoms with E-state index in [4.69, 9.17) is 21.4 Å². The second-order valence-electron chi connectivity index (χ2n) is 7.86. The van der Waals surface area contributed by atoms with Gasteiger partial charge in [-0.15, -0.1) is 0 Å². The predicted octanol–water partition coefficient (Wildman–Crippen LogP) is 3.40. The number of aromatic nitrogens is 1. The van der Waals surface area contributed by atoms with Crippen molar-refractivity contribution >= 4 is 46.7 Å². The van der Waals surface area contributed by atoms with Crippen molar-refractivity contribution in [2.24, 2.45) is 4.99 Å². The Morgan fingerprint density at radius 2 is 1.83 bits per heavy atom. The third-order valence-corrected chi connectivity index (χ3v) is 5.50. The number of halogens is 1. The molecule has 0 saturated heterocycles. The number of amides is 2. The lowest BCUT2D eigenvalue weighted by atomic mass is 10.1. The van der Waals surface area contributed by atoms with Gasteiger partial charge in [-0.2, -0.15) is 0 Å². The van der Waals surface area contributed by atoms with Crippen molar-refractivity contribution in [2.45, 2.75) is 0 Å². The summed E-state index contributed by atoms with van der Waals surface area (Å²) in [7, 11) is 1.96. The Bertz CT molecular complexity index is 1330. The highest BCUT2D eigenvalue weighted by atomic mass is 35.5. The third-order valence-electron chi connectivity index (χ3n) is 5.28. The quantitative estimate of drug-likeness (QED) is 0.425. The number of pyridine rings is 1. The van der Waals surface area contributed by atoms with Gasteiger partial charge in [-0.25, -0.2) is 9.78 Å². The summed E-state index contributed by atoms with van der Waals surface area (Å²) in [6.45, 7) is 0.995. The Labute approximate surface area is 211 Å². The van der Waals surface area contributed by atoms with E-state index in [1.807, 2.05) is 24.1 Å². The minimum absolute atomic E-state index is 0.0570. The molecule has 0 aliphatic carbocycles. The van der Waals surface area contributed by atoms with Crippen LogP contribution in [0.5, 0.6) is 5.75 Å². The summed E-state index contributed by atoms with van der Waals surface area (Å²) < 4.78 is 5.20. The molecule has 4 rings (SSSR count). The van der Waals surface area contributed by atoms with Gasteiger partial charge in [0.1, 0.15) is 17.4 Å². The number of likely N-dealkylation sites (N-methyl/N-ethyl adjacent to an activating group) is 1. The maximum atomic E-state index is 13.0. The van der Waals surface area contributed by atoms with Crippen molar-refractivity contribution in [1.82, 2.24) is 9.88 Å². The molecule has 0 spiro atoms. The Kier molecular flexibility index (Phi) is 7.45. The van der Waals surface area contributed by atoms with Gasteiger partial charge in [-0.1, -0.05) is 23.7 Å². The number of amidine groups is 1. The number of ether oxygens (including phenoxy) is 1. The fraction of sp³-hybridized carbons (Fsp3) is 0.160. The average Bonchev–Trinajstić information content (AvgIpc) is 3.30. The smallest absolute Gasteiger partial charge is 0.341 e. The lowest BCUT2D eigenvalue weighted by molar-refractivity contribution is -0.139. The van der Waals surface area contributed by atoms with Crippen LogP contribution in [0, 0.1) is 0 Å². The first-order valence-electron chi connectivity index (χ1n) is 10.9. The number of hydrogen-bond acceptors (Lipinski definition) is 7. The molecule has 0 saturated carbocycles. The van der Waals surface area contributed by atoms with Crippen LogP contribution in [-0.4, -0.2) is 65.4 Å². The number of hydrogen-bond donors (Lipinski definition) is 3. The fourth-order valence-electron chi connectivity index (χ4n) is 3.50. The standard InChI is InChI=1S/C25H22ClN5O5/c1-31-11-10-27-23(31)15-2-4-16(5-3-15)24(34)29-20-8-7-18(36-14-22(32)33)12-19(20)25(35)30-21-9-6-17(26)13-28-21/h2-9,12-13H,10-11,14H2,1H3,(H,29,34)(H,32,33)(H,28,30,35). The van der Waals surface area contributed by atoms with Crippen LogP contribution in [0.25, 0.3) is 0 Å². The number of anilines is 2. The zero-order chi connectivity index (χ0) is 25.7. The molecule has 2 amide bonds. The van der Waals surface area contributed by atoms with E-state index in [0.717, 1.165) is 24.5 Å². The number of carboxylic acid groups (broad SMARTS) is 1.